The van der Waals surface area contributed by atoms with Gasteiger partial charge in [0.2, 0.25) is 14.9 Å². The van der Waals surface area contributed by atoms with Crippen molar-refractivity contribution in [1.29, 1.82) is 0 Å². The largest absolute Gasteiger partial charge is 0.324 e. The Morgan fingerprint density at radius 2 is 1.50 bits per heavy atom. The Balaban J connectivity index is 1.84. The second-order valence-corrected chi connectivity index (χ2v) is 8.39. The van der Waals surface area contributed by atoms with Crippen molar-refractivity contribution in [2.24, 2.45) is 12.1 Å². The molecule has 4 aromatic rings. The number of hydrogen-bond acceptors (Lipinski definition) is 6. The highest BCUT2D eigenvalue weighted by molar-refractivity contribution is 8.08. The first-order valence-electron chi connectivity index (χ1n) is 9.13. The predicted octanol–water partition coefficient (Wildman–Crippen LogP) is 3.66. The second-order valence-electron chi connectivity index (χ2n) is 6.52. The monoisotopic (exact) mass is 418 g/mol. The first kappa shape index (κ1) is 19.5. The number of aryl methyl sites for hydroxylation is 1. The first-order valence-corrected chi connectivity index (χ1v) is 10.6. The van der Waals surface area contributed by atoms with Crippen molar-refractivity contribution in [1.82, 2.24) is 9.55 Å². The van der Waals surface area contributed by atoms with E-state index in [2.05, 4.69) is 15.5 Å². The average molecular weight is 418 g/mol. The van der Waals surface area contributed by atoms with Gasteiger partial charge in [0.15, 0.2) is 5.82 Å². The van der Waals surface area contributed by atoms with Gasteiger partial charge < -0.3 is 4.57 Å². The van der Waals surface area contributed by atoms with Crippen LogP contribution in [-0.4, -0.2) is 28.8 Å². The van der Waals surface area contributed by atoms with Crippen molar-refractivity contribution < 1.29 is 13.2 Å². The van der Waals surface area contributed by atoms with Gasteiger partial charge in [0.1, 0.15) is 0 Å². The molecule has 1 heterocycles. The zero-order valence-corrected chi connectivity index (χ0v) is 16.9. The van der Waals surface area contributed by atoms with Gasteiger partial charge in [0.05, 0.1) is 21.6 Å². The quantitative estimate of drug-likeness (QED) is 0.231. The molecule has 30 heavy (non-hydrogen) atoms. The van der Waals surface area contributed by atoms with Crippen LogP contribution in [0, 0.1) is 0 Å². The van der Waals surface area contributed by atoms with Gasteiger partial charge >= 0.3 is 0 Å². The lowest BCUT2D eigenvalue weighted by atomic mass is 10.3. The van der Waals surface area contributed by atoms with Crippen LogP contribution in [0.3, 0.4) is 0 Å². The van der Waals surface area contributed by atoms with Crippen LogP contribution in [0.5, 0.6) is 0 Å². The summed E-state index contributed by atoms with van der Waals surface area (Å²) in [5, 5.41) is 3.38. The minimum atomic E-state index is -4.19. The molecule has 0 unspecified atom stereocenters. The molecule has 0 aliphatic rings. The molecule has 8 heteroatoms. The number of carbonyl (C=O) groups excluding carboxylic acids is 1. The van der Waals surface area contributed by atoms with E-state index in [1.54, 1.807) is 66.2 Å². The second kappa shape index (κ2) is 7.92. The third-order valence-electron chi connectivity index (χ3n) is 4.55. The van der Waals surface area contributed by atoms with Crippen molar-refractivity contribution in [3.8, 4) is 0 Å². The van der Waals surface area contributed by atoms with E-state index in [0.717, 1.165) is 0 Å². The molecular weight excluding hydrogens is 400 g/mol. The third-order valence-corrected chi connectivity index (χ3v) is 6.23. The van der Waals surface area contributed by atoms with Gasteiger partial charge in [-0.15, -0.1) is 0 Å². The fourth-order valence-corrected chi connectivity index (χ4v) is 4.26. The van der Waals surface area contributed by atoms with E-state index in [0.29, 0.717) is 16.7 Å². The summed E-state index contributed by atoms with van der Waals surface area (Å²) in [5.41, 5.74) is 4.54. The van der Waals surface area contributed by atoms with Crippen LogP contribution in [0.1, 0.15) is 10.6 Å². The van der Waals surface area contributed by atoms with E-state index in [9.17, 15) is 13.2 Å². The molecule has 0 radical (unpaired) electrons. The number of para-hydroxylation sites is 3. The number of fused-ring (bicyclic) bond motifs is 1. The minimum absolute atomic E-state index is 0.00989. The maximum Gasteiger partial charge on any atom is 0.260 e. The number of ketones is 1. The standard InChI is InChI=1S/C22H18N4O3S/c1-26-19-15-9-8-14-18(19)23-21(26)20(27)22(25-24-16-10-4-2-5-11-16)30(28,29)17-12-6-3-7-13-17/h2-15,24H,1H3/b25-22+. The van der Waals surface area contributed by atoms with Crippen molar-refractivity contribution in [2.75, 3.05) is 5.43 Å². The lowest BCUT2D eigenvalue weighted by Crippen LogP contribution is -2.28. The Labute approximate surface area is 173 Å². The normalized spacial score (nSPS) is 12.1. The van der Waals surface area contributed by atoms with Crippen LogP contribution in [0.25, 0.3) is 11.0 Å². The van der Waals surface area contributed by atoms with Crippen LogP contribution in [0.2, 0.25) is 0 Å². The van der Waals surface area contributed by atoms with Gasteiger partial charge in [0, 0.05) is 7.05 Å². The molecule has 3 aromatic carbocycles. The number of imidazole rings is 1. The molecule has 0 bridgehead atoms. The summed E-state index contributed by atoms with van der Waals surface area (Å²) in [7, 11) is -2.52. The first-order chi connectivity index (χ1) is 14.5. The SMILES string of the molecule is Cn1c(C(=O)/C(=N\Nc2ccccc2)S(=O)(=O)c2ccccc2)nc2ccccc21. The molecule has 0 aliphatic carbocycles. The highest BCUT2D eigenvalue weighted by Crippen LogP contribution is 2.19. The van der Waals surface area contributed by atoms with E-state index >= 15 is 0 Å². The number of aromatic nitrogens is 2. The van der Waals surface area contributed by atoms with Gasteiger partial charge in [-0.2, -0.15) is 5.10 Å². The average Bonchev–Trinajstić information content (AvgIpc) is 3.12. The van der Waals surface area contributed by atoms with Gasteiger partial charge in [0.25, 0.3) is 5.78 Å². The summed E-state index contributed by atoms with van der Waals surface area (Å²) in [6.45, 7) is 0. The number of nitrogens with one attached hydrogen (secondary N) is 1. The van der Waals surface area contributed by atoms with E-state index in [1.807, 2.05) is 18.2 Å². The Kier molecular flexibility index (Phi) is 5.16. The van der Waals surface area contributed by atoms with Crippen molar-refractivity contribution in [3.63, 3.8) is 0 Å². The summed E-state index contributed by atoms with van der Waals surface area (Å²) >= 11 is 0. The Bertz CT molecular complexity index is 1350. The zero-order chi connectivity index (χ0) is 21.1. The van der Waals surface area contributed by atoms with Crippen LogP contribution in [-0.2, 0) is 16.9 Å². The molecule has 0 amide bonds. The van der Waals surface area contributed by atoms with Gasteiger partial charge in [-0.1, -0.05) is 48.5 Å². The number of sulfone groups is 1. The summed E-state index contributed by atoms with van der Waals surface area (Å²) in [4.78, 5) is 17.7. The lowest BCUT2D eigenvalue weighted by Gasteiger charge is -2.09. The van der Waals surface area contributed by atoms with Crippen LogP contribution < -0.4 is 5.43 Å². The highest BCUT2D eigenvalue weighted by atomic mass is 32.2. The summed E-state index contributed by atoms with van der Waals surface area (Å²) in [5.74, 6) is -0.801. The fourth-order valence-electron chi connectivity index (χ4n) is 3.02. The van der Waals surface area contributed by atoms with Crippen LogP contribution in [0.4, 0.5) is 5.69 Å². The maximum atomic E-state index is 13.3. The molecule has 0 saturated heterocycles. The van der Waals surface area contributed by atoms with E-state index in [1.165, 1.54) is 12.1 Å². The van der Waals surface area contributed by atoms with Gasteiger partial charge in [-0.25, -0.2) is 13.4 Å². The minimum Gasteiger partial charge on any atom is -0.324 e. The molecule has 0 fully saturated rings. The number of Topliss-reactive ketones (excluding diaryl/α,β-unsaturated/α-hetero) is 1. The topological polar surface area (TPSA) is 93.4 Å². The van der Waals surface area contributed by atoms with E-state index in [4.69, 9.17) is 0 Å². The third kappa shape index (κ3) is 3.60. The van der Waals surface area contributed by atoms with Crippen molar-refractivity contribution in [2.45, 2.75) is 4.90 Å². The van der Waals surface area contributed by atoms with Crippen LogP contribution in [0.15, 0.2) is 94.9 Å². The Hall–Kier alpha value is -3.78. The van der Waals surface area contributed by atoms with Crippen LogP contribution >= 0.6 is 0 Å². The van der Waals surface area contributed by atoms with Gasteiger partial charge in [-0.05, 0) is 36.4 Å². The molecule has 150 valence electrons. The zero-order valence-electron chi connectivity index (χ0n) is 16.1. The van der Waals surface area contributed by atoms with Gasteiger partial charge in [-0.3, -0.25) is 10.2 Å². The maximum absolute atomic E-state index is 13.3. The number of nitrogens with zero attached hydrogens (tertiary/aromatic N) is 3. The number of benzene rings is 3. The molecule has 0 atom stereocenters. The summed E-state index contributed by atoms with van der Waals surface area (Å²) in [6, 6.07) is 23.7. The molecule has 0 aliphatic heterocycles. The number of hydrazone groups is 1. The highest BCUT2D eigenvalue weighted by Gasteiger charge is 2.33. The van der Waals surface area contributed by atoms with Crippen molar-refractivity contribution >= 4 is 37.4 Å². The molecule has 7 nitrogen and oxygen atoms in total. The number of carbonyl (C=O) groups is 1. The molecule has 4 rings (SSSR count). The van der Waals surface area contributed by atoms with E-state index < -0.39 is 20.7 Å². The van der Waals surface area contributed by atoms with E-state index in [-0.39, 0.29) is 10.7 Å². The smallest absolute Gasteiger partial charge is 0.260 e. The molecule has 0 spiro atoms. The van der Waals surface area contributed by atoms with Crippen molar-refractivity contribution in [3.05, 3.63) is 90.8 Å². The number of rotatable bonds is 5. The number of anilines is 1. The fraction of sp³-hybridized carbons (Fsp3) is 0.0455. The predicted molar refractivity (Wildman–Crippen MR) is 116 cm³/mol. The molecule has 1 N–H and O–H groups in total. The molecule has 0 saturated carbocycles. The summed E-state index contributed by atoms with van der Waals surface area (Å²) in [6.07, 6.45) is 0. The number of hydrogen-bond donors (Lipinski definition) is 1. The Morgan fingerprint density at radius 3 is 2.17 bits per heavy atom. The molecule has 1 aromatic heterocycles. The Morgan fingerprint density at radius 1 is 0.900 bits per heavy atom. The summed E-state index contributed by atoms with van der Waals surface area (Å²) < 4.78 is 28.1. The molecular formula is C22H18N4O3S. The lowest BCUT2D eigenvalue weighted by molar-refractivity contribution is 0.105.